The molecule has 15 nitrogen and oxygen atoms in total. The Hall–Kier alpha value is -5.92. The van der Waals surface area contributed by atoms with E-state index in [4.69, 9.17) is 26.8 Å². The highest BCUT2D eigenvalue weighted by Crippen LogP contribution is 2.55. The molecule has 2 atom stereocenters. The van der Waals surface area contributed by atoms with Gasteiger partial charge in [0.1, 0.15) is 17.0 Å². The number of rotatable bonds is 7. The number of nitrogens with two attached hydrogens (primary N) is 1. The van der Waals surface area contributed by atoms with Crippen LogP contribution in [0.1, 0.15) is 28.0 Å². The number of ether oxygens (including phenoxy) is 2. The second-order valence-corrected chi connectivity index (χ2v) is 12.9. The number of nitrogens with zero attached hydrogens (tertiary/aromatic N) is 7. The number of esters is 1. The fourth-order valence-electron chi connectivity index (χ4n) is 7.65. The molecule has 2 fully saturated rings. The van der Waals surface area contributed by atoms with Gasteiger partial charge in [0.2, 0.25) is 17.9 Å². The Labute approximate surface area is 290 Å². The van der Waals surface area contributed by atoms with Crippen molar-refractivity contribution in [2.75, 3.05) is 56.9 Å². The Bertz CT molecular complexity index is 2270. The van der Waals surface area contributed by atoms with E-state index < -0.39 is 48.2 Å². The second kappa shape index (κ2) is 12.8. The number of hydrogen-bond acceptors (Lipinski definition) is 11. The molecule has 51 heavy (non-hydrogen) atoms. The van der Waals surface area contributed by atoms with E-state index in [-0.39, 0.29) is 29.2 Å². The summed E-state index contributed by atoms with van der Waals surface area (Å²) in [7, 11) is 5.05. The Morgan fingerprint density at radius 1 is 1.16 bits per heavy atom. The molecule has 1 aliphatic carbocycles. The predicted molar refractivity (Wildman–Crippen MR) is 183 cm³/mol. The minimum Gasteiger partial charge on any atom is -0.477 e. The summed E-state index contributed by atoms with van der Waals surface area (Å²) in [6.07, 6.45) is 4.62. The third-order valence-corrected chi connectivity index (χ3v) is 9.95. The van der Waals surface area contributed by atoms with Gasteiger partial charge in [-0.15, -0.1) is 0 Å². The number of amides is 1. The lowest BCUT2D eigenvalue weighted by molar-refractivity contribution is -0.149. The van der Waals surface area contributed by atoms with Gasteiger partial charge in [0.15, 0.2) is 0 Å². The zero-order chi connectivity index (χ0) is 36.3. The topological polar surface area (TPSA) is 178 Å². The second-order valence-electron chi connectivity index (χ2n) is 12.9. The number of aromatic carboxylic acids is 1. The molecule has 0 unspecified atom stereocenters. The van der Waals surface area contributed by atoms with Gasteiger partial charge in [-0.2, -0.15) is 0 Å². The summed E-state index contributed by atoms with van der Waals surface area (Å²) in [6, 6.07) is 2.79. The summed E-state index contributed by atoms with van der Waals surface area (Å²) in [5, 5.41) is 9.81. The molecule has 16 heteroatoms. The number of pyridine rings is 3. The predicted octanol–water partition coefficient (Wildman–Crippen LogP) is 3.13. The third kappa shape index (κ3) is 5.50. The number of likely N-dealkylation sites (N-methyl/N-ethyl adjacent to an activating group) is 1. The van der Waals surface area contributed by atoms with Crippen LogP contribution in [0.25, 0.3) is 38.1 Å². The van der Waals surface area contributed by atoms with Crippen molar-refractivity contribution >= 4 is 46.1 Å². The molecule has 0 radical (unpaired) electrons. The molecule has 3 aliphatic rings. The van der Waals surface area contributed by atoms with Crippen LogP contribution in [0.2, 0.25) is 0 Å². The molecule has 3 aromatic heterocycles. The number of carbonyl (C=O) groups is 3. The first kappa shape index (κ1) is 33.6. The number of aromatic nitrogens is 3. The highest BCUT2D eigenvalue weighted by molar-refractivity contribution is 6.04. The maximum absolute atomic E-state index is 16.0. The normalized spacial score (nSPS) is 17.5. The summed E-state index contributed by atoms with van der Waals surface area (Å²) in [4.78, 5) is 68.3. The van der Waals surface area contributed by atoms with E-state index in [1.54, 1.807) is 25.5 Å². The molecule has 0 spiro atoms. The van der Waals surface area contributed by atoms with Crippen LogP contribution in [0.15, 0.2) is 35.5 Å². The van der Waals surface area contributed by atoms with Crippen molar-refractivity contribution in [2.45, 2.75) is 18.9 Å². The van der Waals surface area contributed by atoms with Gasteiger partial charge in [0, 0.05) is 87.0 Å². The first-order chi connectivity index (χ1) is 24.4. The van der Waals surface area contributed by atoms with Crippen molar-refractivity contribution in [1.82, 2.24) is 19.4 Å². The number of carboxylic acids is 1. The molecule has 2 saturated heterocycles. The standard InChI is InChI=1S/C35H33FN8O7/c1-38-30-23(36)9-25(43(4)35(49)51-16-50-27(45)10-37)19-8-24-29(28(19)30)31(44-6-5-17-13-41(2)15-26(17)44)21(12-39-24)18-7-20-32(46)22(34(47)48)14-42(3)33(20)40-11-18/h7,9,11-12,14,17,26H,5-6,8,10,13,15-16,37H2,2-4H3,(H,47,48)/t17-,26+/m0/s1. The summed E-state index contributed by atoms with van der Waals surface area (Å²) in [5.74, 6) is -2.63. The molecule has 2 aliphatic heterocycles. The highest BCUT2D eigenvalue weighted by atomic mass is 19.1. The number of hydrogen-bond donors (Lipinski definition) is 2. The van der Waals surface area contributed by atoms with Crippen molar-refractivity contribution in [3.63, 3.8) is 0 Å². The minimum absolute atomic E-state index is 0.0856. The summed E-state index contributed by atoms with van der Waals surface area (Å²) in [6.45, 7) is 9.25. The first-order valence-electron chi connectivity index (χ1n) is 16.1. The van der Waals surface area contributed by atoms with Crippen LogP contribution in [0.4, 0.5) is 26.2 Å². The molecule has 0 saturated carbocycles. The average Bonchev–Trinajstić information content (AvgIpc) is 3.80. The number of anilines is 2. The van der Waals surface area contributed by atoms with Gasteiger partial charge >= 0.3 is 18.0 Å². The van der Waals surface area contributed by atoms with E-state index in [0.717, 1.165) is 30.5 Å². The molecule has 7 rings (SSSR count). The lowest BCUT2D eigenvalue weighted by atomic mass is 9.95. The Kier molecular flexibility index (Phi) is 8.40. The largest absolute Gasteiger partial charge is 0.477 e. The van der Waals surface area contributed by atoms with E-state index in [1.807, 2.05) is 0 Å². The number of carbonyl (C=O) groups excluding carboxylic acids is 2. The van der Waals surface area contributed by atoms with Gasteiger partial charge in [-0.1, -0.05) is 0 Å². The van der Waals surface area contributed by atoms with E-state index in [0.29, 0.717) is 57.3 Å². The SMILES string of the molecule is [C-]#[N+]c1c(F)cc(N(C)C(=O)OCOC(=O)CN)c2c1-c1c(ncc(-c3cnc4c(c3)c(=O)c(C(=O)O)cn4C)c1N1CC[C@H]3CN(C)C[C@H]31)C2. The third-order valence-electron chi connectivity index (χ3n) is 9.95. The first-order valence-corrected chi connectivity index (χ1v) is 16.1. The lowest BCUT2D eigenvalue weighted by Gasteiger charge is -2.31. The lowest BCUT2D eigenvalue weighted by Crippen LogP contribution is -2.35. The maximum Gasteiger partial charge on any atom is 0.416 e. The molecule has 262 valence electrons. The number of benzene rings is 1. The van der Waals surface area contributed by atoms with Gasteiger partial charge < -0.3 is 34.7 Å². The van der Waals surface area contributed by atoms with Gasteiger partial charge in [-0.3, -0.25) is 19.5 Å². The van der Waals surface area contributed by atoms with Crippen molar-refractivity contribution in [2.24, 2.45) is 18.7 Å². The fraction of sp³-hybridized carbons (Fsp3) is 0.343. The summed E-state index contributed by atoms with van der Waals surface area (Å²) < 4.78 is 27.3. The van der Waals surface area contributed by atoms with Crippen LogP contribution in [-0.4, -0.2) is 95.7 Å². The average molecular weight is 697 g/mol. The van der Waals surface area contributed by atoms with E-state index >= 15 is 4.39 Å². The van der Waals surface area contributed by atoms with E-state index in [2.05, 4.69) is 26.7 Å². The van der Waals surface area contributed by atoms with Gasteiger partial charge in [-0.05, 0) is 37.1 Å². The monoisotopic (exact) mass is 696 g/mol. The van der Waals surface area contributed by atoms with Crippen LogP contribution in [-0.2, 0) is 27.7 Å². The Balaban J connectivity index is 1.44. The molecule has 0 bridgehead atoms. The zero-order valence-electron chi connectivity index (χ0n) is 28.0. The maximum atomic E-state index is 16.0. The highest BCUT2D eigenvalue weighted by Gasteiger charge is 2.44. The number of aryl methyl sites for hydroxylation is 1. The smallest absolute Gasteiger partial charge is 0.416 e. The van der Waals surface area contributed by atoms with Crippen LogP contribution in [0.5, 0.6) is 0 Å². The van der Waals surface area contributed by atoms with Crippen LogP contribution >= 0.6 is 0 Å². The Morgan fingerprint density at radius 2 is 1.94 bits per heavy atom. The van der Waals surface area contributed by atoms with Crippen LogP contribution in [0.3, 0.4) is 0 Å². The van der Waals surface area contributed by atoms with Crippen molar-refractivity contribution in [3.05, 3.63) is 75.0 Å². The molecular formula is C35H33FN8O7. The minimum atomic E-state index is -1.36. The van der Waals surface area contributed by atoms with Crippen molar-refractivity contribution < 1.29 is 33.4 Å². The molecule has 3 N–H and O–H groups in total. The molecule has 4 aromatic rings. The number of carboxylic acid groups (broad SMARTS) is 1. The number of fused-ring (bicyclic) bond motifs is 5. The number of likely N-dealkylation sites (tertiary alicyclic amines) is 1. The number of halogens is 1. The molecule has 1 amide bonds. The van der Waals surface area contributed by atoms with Crippen molar-refractivity contribution in [3.8, 4) is 22.3 Å². The van der Waals surface area contributed by atoms with Crippen LogP contribution < -0.4 is 21.0 Å². The quantitative estimate of drug-likeness (QED) is 0.145. The molecule has 1 aromatic carbocycles. The van der Waals surface area contributed by atoms with Gasteiger partial charge in [0.25, 0.3) is 0 Å². The van der Waals surface area contributed by atoms with Gasteiger partial charge in [0.05, 0.1) is 35.6 Å². The summed E-state index contributed by atoms with van der Waals surface area (Å²) >= 11 is 0. The van der Waals surface area contributed by atoms with E-state index in [1.165, 1.54) is 17.8 Å². The molecular weight excluding hydrogens is 663 g/mol. The van der Waals surface area contributed by atoms with E-state index in [9.17, 15) is 24.3 Å². The van der Waals surface area contributed by atoms with Crippen LogP contribution in [0, 0.1) is 18.3 Å². The summed E-state index contributed by atoms with van der Waals surface area (Å²) in [5.41, 5.74) is 8.00. The van der Waals surface area contributed by atoms with Gasteiger partial charge in [-0.25, -0.2) is 23.8 Å². The van der Waals surface area contributed by atoms with Crippen molar-refractivity contribution in [1.29, 1.82) is 0 Å². The zero-order valence-corrected chi connectivity index (χ0v) is 28.0. The molecule has 5 heterocycles. The fourth-order valence-corrected chi connectivity index (χ4v) is 7.65. The Morgan fingerprint density at radius 3 is 2.67 bits per heavy atom.